The number of hydrogen-bond acceptors (Lipinski definition) is 2. The second kappa shape index (κ2) is 5.13. The molecule has 0 radical (unpaired) electrons. The number of carbonyl (C=O) groups excluding carboxylic acids is 1. The summed E-state index contributed by atoms with van der Waals surface area (Å²) < 4.78 is 0. The van der Waals surface area contributed by atoms with Crippen molar-refractivity contribution in [2.24, 2.45) is 11.3 Å². The first-order valence-electron chi connectivity index (χ1n) is 6.77. The Hall–Kier alpha value is -1.31. The van der Waals surface area contributed by atoms with Crippen molar-refractivity contribution < 1.29 is 9.90 Å². The Kier molecular flexibility index (Phi) is 3.74. The van der Waals surface area contributed by atoms with Crippen LogP contribution in [0.5, 0.6) is 5.75 Å². The van der Waals surface area contributed by atoms with Gasteiger partial charge in [0.1, 0.15) is 11.5 Å². The number of benzene rings is 1. The molecule has 0 amide bonds. The number of phenolic OH excluding ortho intramolecular Hbond substituents is 1. The molecule has 1 aliphatic rings. The first-order chi connectivity index (χ1) is 8.46. The quantitative estimate of drug-likeness (QED) is 0.882. The molecular formula is C16H22O2. The molecule has 0 bridgehead atoms. The standard InChI is InChI=1S/C16H22O2/c1-16(2)8-6-13(7-9-16)15(18)11-12-4-3-5-14(17)10-12/h3-5,10,13,17H,6-9,11H2,1-2H3. The minimum Gasteiger partial charge on any atom is -0.508 e. The van der Waals surface area contributed by atoms with E-state index in [1.165, 1.54) is 0 Å². The van der Waals surface area contributed by atoms with Gasteiger partial charge in [-0.05, 0) is 48.8 Å². The van der Waals surface area contributed by atoms with Crippen LogP contribution in [0.2, 0.25) is 0 Å². The number of rotatable bonds is 3. The minimum atomic E-state index is 0.223. The highest BCUT2D eigenvalue weighted by atomic mass is 16.3. The van der Waals surface area contributed by atoms with E-state index in [2.05, 4.69) is 13.8 Å². The summed E-state index contributed by atoms with van der Waals surface area (Å²) >= 11 is 0. The Labute approximate surface area is 109 Å². The van der Waals surface area contributed by atoms with Gasteiger partial charge in [0.2, 0.25) is 0 Å². The van der Waals surface area contributed by atoms with Gasteiger partial charge in [-0.1, -0.05) is 26.0 Å². The zero-order valence-corrected chi connectivity index (χ0v) is 11.3. The molecule has 0 unspecified atom stereocenters. The third kappa shape index (κ3) is 3.34. The summed E-state index contributed by atoms with van der Waals surface area (Å²) in [4.78, 5) is 12.2. The fraction of sp³-hybridized carbons (Fsp3) is 0.562. The van der Waals surface area contributed by atoms with Gasteiger partial charge in [0, 0.05) is 12.3 Å². The molecule has 1 aromatic carbocycles. The molecule has 2 nitrogen and oxygen atoms in total. The molecule has 2 rings (SSSR count). The lowest BCUT2D eigenvalue weighted by Crippen LogP contribution is -2.27. The molecule has 1 aromatic rings. The van der Waals surface area contributed by atoms with Gasteiger partial charge in [0.25, 0.3) is 0 Å². The molecule has 0 saturated heterocycles. The lowest BCUT2D eigenvalue weighted by atomic mass is 9.71. The van der Waals surface area contributed by atoms with Crippen molar-refractivity contribution in [1.82, 2.24) is 0 Å². The van der Waals surface area contributed by atoms with Crippen molar-refractivity contribution in [3.63, 3.8) is 0 Å². The van der Waals surface area contributed by atoms with Gasteiger partial charge in [-0.3, -0.25) is 4.79 Å². The van der Waals surface area contributed by atoms with Crippen LogP contribution in [0, 0.1) is 11.3 Å². The predicted octanol–water partition coefficient (Wildman–Crippen LogP) is 3.72. The van der Waals surface area contributed by atoms with Crippen molar-refractivity contribution >= 4 is 5.78 Å². The van der Waals surface area contributed by atoms with Crippen molar-refractivity contribution in [2.75, 3.05) is 0 Å². The van der Waals surface area contributed by atoms with Crippen LogP contribution >= 0.6 is 0 Å². The van der Waals surface area contributed by atoms with E-state index >= 15 is 0 Å². The van der Waals surface area contributed by atoms with Crippen molar-refractivity contribution in [1.29, 1.82) is 0 Å². The zero-order chi connectivity index (χ0) is 13.2. The molecule has 1 fully saturated rings. The number of carbonyl (C=O) groups is 1. The van der Waals surface area contributed by atoms with Gasteiger partial charge in [0.15, 0.2) is 0 Å². The smallest absolute Gasteiger partial charge is 0.140 e. The molecule has 98 valence electrons. The topological polar surface area (TPSA) is 37.3 Å². The number of phenols is 1. The molecule has 1 aliphatic carbocycles. The Bertz CT molecular complexity index is 424. The van der Waals surface area contributed by atoms with Crippen molar-refractivity contribution in [2.45, 2.75) is 46.0 Å². The van der Waals surface area contributed by atoms with E-state index in [1.54, 1.807) is 18.2 Å². The second-order valence-corrected chi connectivity index (χ2v) is 6.25. The van der Waals surface area contributed by atoms with Crippen LogP contribution in [-0.4, -0.2) is 10.9 Å². The average molecular weight is 246 g/mol. The summed E-state index contributed by atoms with van der Waals surface area (Å²) in [6, 6.07) is 7.02. The normalized spacial score (nSPS) is 19.7. The number of ketones is 1. The fourth-order valence-electron chi connectivity index (χ4n) is 2.73. The Morgan fingerprint density at radius 2 is 2.00 bits per heavy atom. The molecule has 2 heteroatoms. The minimum absolute atomic E-state index is 0.223. The van der Waals surface area contributed by atoms with Gasteiger partial charge in [0.05, 0.1) is 0 Å². The zero-order valence-electron chi connectivity index (χ0n) is 11.3. The highest BCUT2D eigenvalue weighted by molar-refractivity contribution is 5.83. The monoisotopic (exact) mass is 246 g/mol. The highest BCUT2D eigenvalue weighted by Crippen LogP contribution is 2.38. The van der Waals surface area contributed by atoms with Crippen LogP contribution in [0.15, 0.2) is 24.3 Å². The van der Waals surface area contributed by atoms with Gasteiger partial charge in [-0.25, -0.2) is 0 Å². The van der Waals surface area contributed by atoms with Crippen LogP contribution in [0.1, 0.15) is 45.1 Å². The summed E-state index contributed by atoms with van der Waals surface area (Å²) in [6.45, 7) is 4.56. The molecule has 0 spiro atoms. The maximum absolute atomic E-state index is 12.2. The van der Waals surface area contributed by atoms with Gasteiger partial charge < -0.3 is 5.11 Å². The summed E-state index contributed by atoms with van der Waals surface area (Å²) in [7, 11) is 0. The highest BCUT2D eigenvalue weighted by Gasteiger charge is 2.30. The molecule has 0 atom stereocenters. The Morgan fingerprint density at radius 3 is 2.61 bits per heavy atom. The average Bonchev–Trinajstić information content (AvgIpc) is 2.28. The van der Waals surface area contributed by atoms with Gasteiger partial charge in [-0.15, -0.1) is 0 Å². The first kappa shape index (κ1) is 13.1. The van der Waals surface area contributed by atoms with E-state index < -0.39 is 0 Å². The molecular weight excluding hydrogens is 224 g/mol. The third-order valence-corrected chi connectivity index (χ3v) is 4.08. The molecule has 0 heterocycles. The van der Waals surface area contributed by atoms with Crippen LogP contribution < -0.4 is 0 Å². The molecule has 0 aromatic heterocycles. The molecule has 0 aliphatic heterocycles. The van der Waals surface area contributed by atoms with Gasteiger partial charge >= 0.3 is 0 Å². The maximum atomic E-state index is 12.2. The lowest BCUT2D eigenvalue weighted by Gasteiger charge is -2.33. The summed E-state index contributed by atoms with van der Waals surface area (Å²) in [6.07, 6.45) is 4.78. The molecule has 18 heavy (non-hydrogen) atoms. The van der Waals surface area contributed by atoms with Gasteiger partial charge in [-0.2, -0.15) is 0 Å². The lowest BCUT2D eigenvalue weighted by molar-refractivity contribution is -0.123. The largest absolute Gasteiger partial charge is 0.508 e. The van der Waals surface area contributed by atoms with Crippen molar-refractivity contribution in [3.8, 4) is 5.75 Å². The summed E-state index contributed by atoms with van der Waals surface area (Å²) in [5.74, 6) is 0.793. The van der Waals surface area contributed by atoms with E-state index in [1.807, 2.05) is 6.07 Å². The van der Waals surface area contributed by atoms with E-state index in [0.717, 1.165) is 31.2 Å². The van der Waals surface area contributed by atoms with Crippen LogP contribution in [-0.2, 0) is 11.2 Å². The predicted molar refractivity (Wildman–Crippen MR) is 72.6 cm³/mol. The Balaban J connectivity index is 1.93. The third-order valence-electron chi connectivity index (χ3n) is 4.08. The van der Waals surface area contributed by atoms with E-state index in [0.29, 0.717) is 17.6 Å². The van der Waals surface area contributed by atoms with Crippen LogP contribution in [0.25, 0.3) is 0 Å². The molecule has 1 saturated carbocycles. The molecule has 1 N–H and O–H groups in total. The van der Waals surface area contributed by atoms with E-state index in [4.69, 9.17) is 0 Å². The van der Waals surface area contributed by atoms with Crippen LogP contribution in [0.3, 0.4) is 0 Å². The Morgan fingerprint density at radius 1 is 1.33 bits per heavy atom. The number of aromatic hydroxyl groups is 1. The second-order valence-electron chi connectivity index (χ2n) is 6.25. The maximum Gasteiger partial charge on any atom is 0.140 e. The SMILES string of the molecule is CC1(C)CCC(C(=O)Cc2cccc(O)c2)CC1. The fourth-order valence-corrected chi connectivity index (χ4v) is 2.73. The first-order valence-corrected chi connectivity index (χ1v) is 6.77. The van der Waals surface area contributed by atoms with Crippen LogP contribution in [0.4, 0.5) is 0 Å². The van der Waals surface area contributed by atoms with Crippen molar-refractivity contribution in [3.05, 3.63) is 29.8 Å². The summed E-state index contributed by atoms with van der Waals surface area (Å²) in [5, 5.41) is 9.39. The summed E-state index contributed by atoms with van der Waals surface area (Å²) in [5.41, 5.74) is 1.33. The number of hydrogen-bond donors (Lipinski definition) is 1. The van der Waals surface area contributed by atoms with E-state index in [9.17, 15) is 9.90 Å². The van der Waals surface area contributed by atoms with E-state index in [-0.39, 0.29) is 11.7 Å². The number of Topliss-reactive ketones (excluding diaryl/α,β-unsaturated/α-hetero) is 1.